The molecule has 1 fully saturated rings. The first-order valence-corrected chi connectivity index (χ1v) is 6.93. The van der Waals surface area contributed by atoms with Crippen LogP contribution in [0.4, 0.5) is 5.82 Å². The summed E-state index contributed by atoms with van der Waals surface area (Å²) in [6, 6.07) is 6.79. The second kappa shape index (κ2) is 5.38. The summed E-state index contributed by atoms with van der Waals surface area (Å²) in [5.74, 6) is -0.508. The fraction of sp³-hybridized carbons (Fsp3) is 0.286. The average molecular weight is 308 g/mol. The van der Waals surface area contributed by atoms with E-state index in [0.29, 0.717) is 29.5 Å². The Labute approximate surface area is 126 Å². The van der Waals surface area contributed by atoms with Crippen molar-refractivity contribution in [2.24, 2.45) is 5.73 Å². The number of carboxylic acids is 1. The van der Waals surface area contributed by atoms with E-state index in [1.54, 1.807) is 24.3 Å². The number of nitrogens with zero attached hydrogens (tertiary/aromatic N) is 2. The zero-order chi connectivity index (χ0) is 15.0. The maximum absolute atomic E-state index is 11.6. The molecule has 1 aliphatic heterocycles. The minimum Gasteiger partial charge on any atom is -0.477 e. The number of nitrogens with two attached hydrogens (primary N) is 1. The van der Waals surface area contributed by atoms with E-state index < -0.39 is 5.97 Å². The van der Waals surface area contributed by atoms with Crippen molar-refractivity contribution in [3.8, 4) is 11.3 Å². The van der Waals surface area contributed by atoms with Gasteiger partial charge in [0, 0.05) is 29.7 Å². The highest BCUT2D eigenvalue weighted by Crippen LogP contribution is 2.33. The molecule has 0 aliphatic carbocycles. The predicted molar refractivity (Wildman–Crippen MR) is 78.7 cm³/mol. The normalized spacial score (nSPS) is 18.2. The van der Waals surface area contributed by atoms with E-state index in [4.69, 9.17) is 21.9 Å². The largest absolute Gasteiger partial charge is 0.477 e. The minimum absolute atomic E-state index is 0.0299. The monoisotopic (exact) mass is 307 g/mol. The van der Waals surface area contributed by atoms with Gasteiger partial charge < -0.3 is 20.3 Å². The zero-order valence-electron chi connectivity index (χ0n) is 11.1. The van der Waals surface area contributed by atoms with Crippen LogP contribution in [0.3, 0.4) is 0 Å². The van der Waals surface area contributed by atoms with Crippen LogP contribution in [-0.2, 0) is 0 Å². The molecular formula is C14H14ClN3O3. The number of anilines is 1. The molecule has 3 rings (SSSR count). The van der Waals surface area contributed by atoms with Gasteiger partial charge in [-0.05, 0) is 30.7 Å². The number of halogens is 1. The van der Waals surface area contributed by atoms with E-state index in [1.807, 2.05) is 4.90 Å². The lowest BCUT2D eigenvalue weighted by Crippen LogP contribution is -2.27. The second-order valence-corrected chi connectivity index (χ2v) is 5.45. The molecule has 6 nitrogen and oxygen atoms in total. The average Bonchev–Trinajstić information content (AvgIpc) is 3.05. The Balaban J connectivity index is 2.04. The van der Waals surface area contributed by atoms with Crippen molar-refractivity contribution in [2.75, 3.05) is 18.0 Å². The number of carboxylic acid groups (broad SMARTS) is 1. The molecule has 21 heavy (non-hydrogen) atoms. The number of benzene rings is 1. The van der Waals surface area contributed by atoms with Gasteiger partial charge in [0.05, 0.1) is 0 Å². The summed E-state index contributed by atoms with van der Waals surface area (Å²) in [5, 5.41) is 14.0. The third-order valence-electron chi connectivity index (χ3n) is 3.52. The number of hydrogen-bond donors (Lipinski definition) is 2. The highest BCUT2D eigenvalue weighted by molar-refractivity contribution is 6.30. The summed E-state index contributed by atoms with van der Waals surface area (Å²) in [4.78, 5) is 13.4. The number of aromatic carboxylic acids is 1. The Morgan fingerprint density at radius 2 is 2.14 bits per heavy atom. The number of hydrogen-bond acceptors (Lipinski definition) is 5. The van der Waals surface area contributed by atoms with Gasteiger partial charge in [-0.1, -0.05) is 16.8 Å². The lowest BCUT2D eigenvalue weighted by Gasteiger charge is -2.14. The van der Waals surface area contributed by atoms with Crippen LogP contribution in [0.5, 0.6) is 0 Å². The lowest BCUT2D eigenvalue weighted by molar-refractivity contribution is 0.0698. The summed E-state index contributed by atoms with van der Waals surface area (Å²) >= 11 is 5.84. The Hall–Kier alpha value is -2.05. The number of rotatable bonds is 3. The van der Waals surface area contributed by atoms with Crippen LogP contribution in [0.15, 0.2) is 28.8 Å². The van der Waals surface area contributed by atoms with Crippen LogP contribution < -0.4 is 10.6 Å². The van der Waals surface area contributed by atoms with Gasteiger partial charge in [0.15, 0.2) is 17.1 Å². The summed E-state index contributed by atoms with van der Waals surface area (Å²) in [7, 11) is 0. The lowest BCUT2D eigenvalue weighted by atomic mass is 10.1. The summed E-state index contributed by atoms with van der Waals surface area (Å²) < 4.78 is 5.27. The number of aromatic nitrogens is 1. The van der Waals surface area contributed by atoms with E-state index in [2.05, 4.69) is 5.16 Å². The van der Waals surface area contributed by atoms with Gasteiger partial charge in [0.1, 0.15) is 0 Å². The van der Waals surface area contributed by atoms with Crippen LogP contribution in [0.2, 0.25) is 5.02 Å². The van der Waals surface area contributed by atoms with Gasteiger partial charge >= 0.3 is 5.97 Å². The molecule has 2 heterocycles. The van der Waals surface area contributed by atoms with E-state index in [9.17, 15) is 9.90 Å². The van der Waals surface area contributed by atoms with Gasteiger partial charge in [-0.25, -0.2) is 4.79 Å². The van der Waals surface area contributed by atoms with Crippen molar-refractivity contribution < 1.29 is 14.4 Å². The van der Waals surface area contributed by atoms with Crippen LogP contribution in [0.1, 0.15) is 16.8 Å². The van der Waals surface area contributed by atoms with Crippen molar-refractivity contribution >= 4 is 23.4 Å². The molecule has 0 bridgehead atoms. The molecule has 1 atom stereocenters. The van der Waals surface area contributed by atoms with Gasteiger partial charge in [-0.3, -0.25) is 0 Å². The Morgan fingerprint density at radius 1 is 1.43 bits per heavy atom. The zero-order valence-corrected chi connectivity index (χ0v) is 11.9. The molecule has 2 aromatic rings. The van der Waals surface area contributed by atoms with Crippen LogP contribution in [-0.4, -0.2) is 35.4 Å². The molecule has 1 aliphatic rings. The molecule has 110 valence electrons. The number of carbonyl (C=O) groups is 1. The van der Waals surface area contributed by atoms with Crippen molar-refractivity contribution in [1.82, 2.24) is 5.16 Å². The molecule has 0 saturated carbocycles. The Kier molecular flexibility index (Phi) is 3.57. The molecule has 0 radical (unpaired) electrons. The first-order valence-electron chi connectivity index (χ1n) is 6.55. The van der Waals surface area contributed by atoms with E-state index in [0.717, 1.165) is 6.42 Å². The third-order valence-corrected chi connectivity index (χ3v) is 3.77. The fourth-order valence-electron chi connectivity index (χ4n) is 2.47. The standard InChI is InChI=1S/C14H14ClN3O3/c15-9-3-1-8(2-4-9)12-11(14(19)20)13(17-21-12)18-6-5-10(16)7-18/h1-4,10H,5-7,16H2,(H,19,20). The molecule has 1 unspecified atom stereocenters. The Morgan fingerprint density at radius 3 is 2.71 bits per heavy atom. The van der Waals surface area contributed by atoms with Crippen molar-refractivity contribution in [2.45, 2.75) is 12.5 Å². The van der Waals surface area contributed by atoms with Gasteiger partial charge in [0.2, 0.25) is 0 Å². The van der Waals surface area contributed by atoms with E-state index in [-0.39, 0.29) is 17.4 Å². The highest BCUT2D eigenvalue weighted by Gasteiger charge is 2.30. The van der Waals surface area contributed by atoms with Crippen LogP contribution in [0.25, 0.3) is 11.3 Å². The first kappa shape index (κ1) is 13.9. The third kappa shape index (κ3) is 2.59. The predicted octanol–water partition coefficient (Wildman–Crippen LogP) is 2.23. The first-order chi connectivity index (χ1) is 10.1. The molecule has 7 heteroatoms. The molecule has 0 amide bonds. The molecular weight excluding hydrogens is 294 g/mol. The molecule has 1 saturated heterocycles. The topological polar surface area (TPSA) is 92.6 Å². The quantitative estimate of drug-likeness (QED) is 0.903. The maximum Gasteiger partial charge on any atom is 0.343 e. The van der Waals surface area contributed by atoms with Crippen molar-refractivity contribution in [3.05, 3.63) is 34.9 Å². The van der Waals surface area contributed by atoms with Crippen LogP contribution in [0, 0.1) is 0 Å². The van der Waals surface area contributed by atoms with Gasteiger partial charge in [-0.2, -0.15) is 0 Å². The fourth-order valence-corrected chi connectivity index (χ4v) is 2.59. The van der Waals surface area contributed by atoms with Gasteiger partial charge in [0.25, 0.3) is 0 Å². The summed E-state index contributed by atoms with van der Waals surface area (Å²) in [5.41, 5.74) is 6.55. The molecule has 1 aromatic carbocycles. The van der Waals surface area contributed by atoms with Gasteiger partial charge in [-0.15, -0.1) is 0 Å². The smallest absolute Gasteiger partial charge is 0.343 e. The minimum atomic E-state index is -1.07. The summed E-state index contributed by atoms with van der Waals surface area (Å²) in [6.45, 7) is 1.25. The highest BCUT2D eigenvalue weighted by atomic mass is 35.5. The summed E-state index contributed by atoms with van der Waals surface area (Å²) in [6.07, 6.45) is 0.808. The van der Waals surface area contributed by atoms with Crippen LogP contribution >= 0.6 is 11.6 Å². The van der Waals surface area contributed by atoms with E-state index >= 15 is 0 Å². The molecule has 0 spiro atoms. The molecule has 3 N–H and O–H groups in total. The second-order valence-electron chi connectivity index (χ2n) is 5.02. The molecule has 1 aromatic heterocycles. The van der Waals surface area contributed by atoms with Crippen molar-refractivity contribution in [1.29, 1.82) is 0 Å². The van der Waals surface area contributed by atoms with E-state index in [1.165, 1.54) is 0 Å². The maximum atomic E-state index is 11.6. The SMILES string of the molecule is NC1CCN(c2noc(-c3ccc(Cl)cc3)c2C(=O)O)C1. The van der Waals surface area contributed by atoms with Crippen molar-refractivity contribution in [3.63, 3.8) is 0 Å². The Bertz CT molecular complexity index is 669.